The molecule has 21 heavy (non-hydrogen) atoms. The molecular formula is C17H27NO3. The molecule has 0 amide bonds. The van der Waals surface area contributed by atoms with Gasteiger partial charge in [-0.3, -0.25) is 4.90 Å². The van der Waals surface area contributed by atoms with E-state index in [1.165, 1.54) is 12.0 Å². The first-order valence-corrected chi connectivity index (χ1v) is 7.85. The third-order valence-electron chi connectivity index (χ3n) is 4.46. The van der Waals surface area contributed by atoms with Gasteiger partial charge in [0.05, 0.1) is 26.4 Å². The van der Waals surface area contributed by atoms with E-state index in [-0.39, 0.29) is 19.3 Å². The van der Waals surface area contributed by atoms with Crippen LogP contribution in [0.25, 0.3) is 0 Å². The van der Waals surface area contributed by atoms with E-state index in [0.717, 1.165) is 38.1 Å². The van der Waals surface area contributed by atoms with Gasteiger partial charge in [0.25, 0.3) is 0 Å². The van der Waals surface area contributed by atoms with E-state index in [2.05, 4.69) is 17.0 Å². The van der Waals surface area contributed by atoms with Gasteiger partial charge in [0.2, 0.25) is 0 Å². The van der Waals surface area contributed by atoms with Gasteiger partial charge in [0.1, 0.15) is 5.75 Å². The van der Waals surface area contributed by atoms with Crippen LogP contribution in [0.1, 0.15) is 24.8 Å². The number of hydrogen-bond donors (Lipinski definition) is 2. The Labute approximate surface area is 127 Å². The Balaban J connectivity index is 1.84. The highest BCUT2D eigenvalue weighted by Gasteiger charge is 2.24. The number of likely N-dealkylation sites (tertiary alicyclic amines) is 1. The average molecular weight is 293 g/mol. The molecule has 1 unspecified atom stereocenters. The summed E-state index contributed by atoms with van der Waals surface area (Å²) in [6.45, 7) is 2.05. The van der Waals surface area contributed by atoms with Crippen LogP contribution in [0.4, 0.5) is 0 Å². The summed E-state index contributed by atoms with van der Waals surface area (Å²) in [7, 11) is 1.70. The van der Waals surface area contributed by atoms with E-state index in [1.54, 1.807) is 7.11 Å². The topological polar surface area (TPSA) is 52.9 Å². The number of piperidine rings is 1. The molecule has 1 heterocycles. The lowest BCUT2D eigenvalue weighted by molar-refractivity contribution is 0.0427. The van der Waals surface area contributed by atoms with Gasteiger partial charge in [-0.05, 0) is 55.8 Å². The number of aliphatic hydroxyl groups excluding tert-OH is 2. The fraction of sp³-hybridized carbons (Fsp3) is 0.647. The molecule has 1 aliphatic heterocycles. The minimum atomic E-state index is -0.0929. The van der Waals surface area contributed by atoms with E-state index < -0.39 is 0 Å². The number of aliphatic hydroxyl groups is 2. The van der Waals surface area contributed by atoms with Crippen LogP contribution in [-0.4, -0.2) is 54.6 Å². The molecule has 0 aliphatic carbocycles. The molecule has 4 nitrogen and oxygen atoms in total. The Kier molecular flexibility index (Phi) is 6.49. The zero-order chi connectivity index (χ0) is 15.1. The highest BCUT2D eigenvalue weighted by Crippen LogP contribution is 2.24. The van der Waals surface area contributed by atoms with E-state index in [9.17, 15) is 10.2 Å². The summed E-state index contributed by atoms with van der Waals surface area (Å²) in [5.74, 6) is 1.56. The summed E-state index contributed by atoms with van der Waals surface area (Å²) in [6, 6.07) is 8.16. The van der Waals surface area contributed by atoms with Gasteiger partial charge in [-0.2, -0.15) is 0 Å². The molecule has 118 valence electrons. The molecule has 0 aromatic heterocycles. The number of hydrogen-bond acceptors (Lipinski definition) is 4. The van der Waals surface area contributed by atoms with Crippen LogP contribution in [0, 0.1) is 5.92 Å². The first kappa shape index (κ1) is 16.3. The van der Waals surface area contributed by atoms with Crippen LogP contribution in [0.5, 0.6) is 5.75 Å². The van der Waals surface area contributed by atoms with Crippen molar-refractivity contribution in [1.29, 1.82) is 0 Å². The second-order valence-corrected chi connectivity index (χ2v) is 5.91. The largest absolute Gasteiger partial charge is 0.497 e. The first-order chi connectivity index (χ1) is 10.3. The van der Waals surface area contributed by atoms with Crippen molar-refractivity contribution in [3.8, 4) is 5.75 Å². The third-order valence-corrected chi connectivity index (χ3v) is 4.46. The van der Waals surface area contributed by atoms with Crippen molar-refractivity contribution in [1.82, 2.24) is 4.90 Å². The molecule has 1 fully saturated rings. The molecule has 0 spiro atoms. The minimum Gasteiger partial charge on any atom is -0.497 e. The van der Waals surface area contributed by atoms with Crippen molar-refractivity contribution < 1.29 is 14.9 Å². The van der Waals surface area contributed by atoms with Crippen molar-refractivity contribution in [2.45, 2.75) is 31.7 Å². The number of ether oxygens (including phenoxy) is 1. The fourth-order valence-electron chi connectivity index (χ4n) is 3.15. The second-order valence-electron chi connectivity index (χ2n) is 5.91. The summed E-state index contributed by atoms with van der Waals surface area (Å²) in [4.78, 5) is 2.24. The molecule has 0 saturated carbocycles. The molecule has 1 atom stereocenters. The van der Waals surface area contributed by atoms with Crippen LogP contribution in [0.3, 0.4) is 0 Å². The Hall–Kier alpha value is -1.10. The smallest absolute Gasteiger partial charge is 0.119 e. The predicted octanol–water partition coefficient (Wildman–Crippen LogP) is 1.69. The predicted molar refractivity (Wildman–Crippen MR) is 83.6 cm³/mol. The fourth-order valence-corrected chi connectivity index (χ4v) is 3.15. The normalized spacial score (nSPS) is 19.9. The molecule has 1 aliphatic rings. The molecule has 4 heteroatoms. The van der Waals surface area contributed by atoms with Gasteiger partial charge in [-0.25, -0.2) is 0 Å². The molecule has 1 saturated heterocycles. The van der Waals surface area contributed by atoms with Gasteiger partial charge in [0, 0.05) is 6.54 Å². The minimum absolute atomic E-state index is 0.0408. The molecule has 2 N–H and O–H groups in total. The third kappa shape index (κ3) is 4.70. The summed E-state index contributed by atoms with van der Waals surface area (Å²) in [6.07, 6.45) is 4.59. The quantitative estimate of drug-likeness (QED) is 0.803. The Morgan fingerprint density at radius 1 is 1.33 bits per heavy atom. The maximum absolute atomic E-state index is 9.31. The van der Waals surface area contributed by atoms with Crippen LogP contribution >= 0.6 is 0 Å². The molecule has 0 radical (unpaired) electrons. The molecule has 1 aromatic carbocycles. The van der Waals surface area contributed by atoms with Crippen LogP contribution < -0.4 is 4.74 Å². The SMILES string of the molecule is COc1cccc(CCC2CCCN(C(CO)CO)C2)c1. The monoisotopic (exact) mass is 293 g/mol. The molecule has 1 aromatic rings. The summed E-state index contributed by atoms with van der Waals surface area (Å²) < 4.78 is 5.26. The lowest BCUT2D eigenvalue weighted by atomic mass is 9.91. The highest BCUT2D eigenvalue weighted by atomic mass is 16.5. The van der Waals surface area contributed by atoms with Crippen molar-refractivity contribution in [3.05, 3.63) is 29.8 Å². The van der Waals surface area contributed by atoms with Gasteiger partial charge in [0.15, 0.2) is 0 Å². The molecule has 2 rings (SSSR count). The van der Waals surface area contributed by atoms with Gasteiger partial charge < -0.3 is 14.9 Å². The Morgan fingerprint density at radius 2 is 2.14 bits per heavy atom. The maximum Gasteiger partial charge on any atom is 0.119 e. The zero-order valence-electron chi connectivity index (χ0n) is 12.9. The van der Waals surface area contributed by atoms with Crippen molar-refractivity contribution >= 4 is 0 Å². The average Bonchev–Trinajstić information content (AvgIpc) is 2.55. The Bertz CT molecular complexity index is 420. The number of aryl methyl sites for hydroxylation is 1. The van der Waals surface area contributed by atoms with Crippen molar-refractivity contribution in [2.75, 3.05) is 33.4 Å². The van der Waals surface area contributed by atoms with E-state index in [4.69, 9.17) is 4.74 Å². The van der Waals surface area contributed by atoms with E-state index in [1.807, 2.05) is 12.1 Å². The number of rotatable bonds is 7. The summed E-state index contributed by atoms with van der Waals surface area (Å²) >= 11 is 0. The second kappa shape index (κ2) is 8.37. The summed E-state index contributed by atoms with van der Waals surface area (Å²) in [5, 5.41) is 18.6. The van der Waals surface area contributed by atoms with E-state index >= 15 is 0 Å². The van der Waals surface area contributed by atoms with Gasteiger partial charge in [-0.15, -0.1) is 0 Å². The number of methoxy groups -OCH3 is 1. The van der Waals surface area contributed by atoms with Crippen molar-refractivity contribution in [3.63, 3.8) is 0 Å². The summed E-state index contributed by atoms with van der Waals surface area (Å²) in [5.41, 5.74) is 1.31. The first-order valence-electron chi connectivity index (χ1n) is 7.85. The lowest BCUT2D eigenvalue weighted by Crippen LogP contribution is -2.46. The lowest BCUT2D eigenvalue weighted by Gasteiger charge is -2.37. The van der Waals surface area contributed by atoms with Gasteiger partial charge >= 0.3 is 0 Å². The number of benzene rings is 1. The van der Waals surface area contributed by atoms with Gasteiger partial charge in [-0.1, -0.05) is 12.1 Å². The highest BCUT2D eigenvalue weighted by molar-refractivity contribution is 5.28. The standard InChI is InChI=1S/C17H27NO3/c1-21-17-6-2-4-14(10-17)7-8-15-5-3-9-18(11-15)16(12-19)13-20/h2,4,6,10,15-16,19-20H,3,5,7-9,11-13H2,1H3. The molecular weight excluding hydrogens is 266 g/mol. The van der Waals surface area contributed by atoms with Crippen molar-refractivity contribution in [2.24, 2.45) is 5.92 Å². The Morgan fingerprint density at radius 3 is 2.86 bits per heavy atom. The van der Waals surface area contributed by atoms with Crippen LogP contribution in [-0.2, 0) is 6.42 Å². The van der Waals surface area contributed by atoms with Crippen LogP contribution in [0.15, 0.2) is 24.3 Å². The van der Waals surface area contributed by atoms with E-state index in [0.29, 0.717) is 5.92 Å². The maximum atomic E-state index is 9.31. The number of nitrogens with zero attached hydrogens (tertiary/aromatic N) is 1. The van der Waals surface area contributed by atoms with Crippen LogP contribution in [0.2, 0.25) is 0 Å². The molecule has 0 bridgehead atoms. The zero-order valence-corrected chi connectivity index (χ0v) is 12.9.